The number of anilines is 1. The van der Waals surface area contributed by atoms with Crippen LogP contribution in [0, 0.1) is 9.39 Å². The summed E-state index contributed by atoms with van der Waals surface area (Å²) in [5, 5.41) is 6.78. The molecule has 120 valence electrons. The van der Waals surface area contributed by atoms with E-state index in [0.29, 0.717) is 11.4 Å². The molecular weight excluding hydrogens is 424 g/mol. The van der Waals surface area contributed by atoms with Crippen molar-refractivity contribution >= 4 is 34.2 Å². The maximum atomic E-state index is 13.0. The zero-order valence-electron chi connectivity index (χ0n) is 12.2. The van der Waals surface area contributed by atoms with Gasteiger partial charge in [0.25, 0.3) is 11.5 Å². The van der Waals surface area contributed by atoms with E-state index in [0.717, 1.165) is 8.25 Å². The van der Waals surface area contributed by atoms with Crippen molar-refractivity contribution in [3.8, 4) is 5.69 Å². The number of benzene rings is 2. The quantitative estimate of drug-likeness (QED) is 0.643. The van der Waals surface area contributed by atoms with E-state index in [4.69, 9.17) is 0 Å². The van der Waals surface area contributed by atoms with E-state index in [2.05, 4.69) is 33.0 Å². The number of hydrogen-bond donors (Lipinski definition) is 1. The maximum Gasteiger partial charge on any atom is 0.276 e. The zero-order valence-corrected chi connectivity index (χ0v) is 14.4. The Hall–Kier alpha value is -2.55. The van der Waals surface area contributed by atoms with Crippen LogP contribution in [0.3, 0.4) is 0 Å². The van der Waals surface area contributed by atoms with Gasteiger partial charge in [-0.1, -0.05) is 6.07 Å². The average molecular weight is 435 g/mol. The second-order valence-corrected chi connectivity index (χ2v) is 6.16. The van der Waals surface area contributed by atoms with Crippen molar-refractivity contribution in [1.82, 2.24) is 9.78 Å². The first-order valence-corrected chi connectivity index (χ1v) is 8.04. The first kappa shape index (κ1) is 16.3. The number of halogens is 2. The summed E-state index contributed by atoms with van der Waals surface area (Å²) in [7, 11) is 0. The summed E-state index contributed by atoms with van der Waals surface area (Å²) in [5.41, 5.74) is 0.684. The molecule has 0 bridgehead atoms. The van der Waals surface area contributed by atoms with E-state index in [9.17, 15) is 14.0 Å². The summed E-state index contributed by atoms with van der Waals surface area (Å²) in [6.07, 6.45) is 0. The highest BCUT2D eigenvalue weighted by Crippen LogP contribution is 2.13. The van der Waals surface area contributed by atoms with Crippen molar-refractivity contribution in [3.63, 3.8) is 0 Å². The van der Waals surface area contributed by atoms with Crippen LogP contribution in [0.2, 0.25) is 0 Å². The minimum absolute atomic E-state index is 0.0813. The molecule has 3 rings (SSSR count). The lowest BCUT2D eigenvalue weighted by Gasteiger charge is -2.08. The molecule has 1 N–H and O–H groups in total. The minimum Gasteiger partial charge on any atom is -0.321 e. The van der Waals surface area contributed by atoms with Crippen molar-refractivity contribution < 1.29 is 9.18 Å². The summed E-state index contributed by atoms with van der Waals surface area (Å²) in [4.78, 5) is 24.3. The van der Waals surface area contributed by atoms with Crippen LogP contribution in [-0.2, 0) is 0 Å². The first-order valence-electron chi connectivity index (χ1n) is 6.96. The van der Waals surface area contributed by atoms with Gasteiger partial charge in [0, 0.05) is 15.3 Å². The largest absolute Gasteiger partial charge is 0.321 e. The monoisotopic (exact) mass is 435 g/mol. The van der Waals surface area contributed by atoms with Crippen LogP contribution in [0.5, 0.6) is 0 Å². The summed E-state index contributed by atoms with van der Waals surface area (Å²) in [5.74, 6) is -0.854. The molecule has 0 spiro atoms. The molecule has 0 aliphatic heterocycles. The predicted molar refractivity (Wildman–Crippen MR) is 96.9 cm³/mol. The Morgan fingerprint density at radius 2 is 1.83 bits per heavy atom. The molecule has 0 aliphatic carbocycles. The number of carbonyl (C=O) groups excluding carboxylic acids is 1. The number of rotatable bonds is 3. The van der Waals surface area contributed by atoms with Gasteiger partial charge < -0.3 is 5.32 Å². The lowest BCUT2D eigenvalue weighted by Crippen LogP contribution is -2.24. The van der Waals surface area contributed by atoms with Gasteiger partial charge in [-0.15, -0.1) is 0 Å². The third-order valence-corrected chi connectivity index (χ3v) is 3.86. The van der Waals surface area contributed by atoms with E-state index in [1.165, 1.54) is 36.4 Å². The van der Waals surface area contributed by atoms with E-state index >= 15 is 0 Å². The lowest BCUT2D eigenvalue weighted by atomic mass is 10.3. The smallest absolute Gasteiger partial charge is 0.276 e. The second kappa shape index (κ2) is 6.91. The Morgan fingerprint density at radius 1 is 1.08 bits per heavy atom. The fraction of sp³-hybridized carbons (Fsp3) is 0. The summed E-state index contributed by atoms with van der Waals surface area (Å²) in [6, 6.07) is 15.2. The van der Waals surface area contributed by atoms with Crippen LogP contribution >= 0.6 is 22.6 Å². The minimum atomic E-state index is -0.437. The molecule has 24 heavy (non-hydrogen) atoms. The van der Waals surface area contributed by atoms with E-state index in [1.807, 2.05) is 18.2 Å². The lowest BCUT2D eigenvalue weighted by molar-refractivity contribution is 0.102. The van der Waals surface area contributed by atoms with Gasteiger partial charge in [0.1, 0.15) is 11.5 Å². The molecule has 2 aromatic carbocycles. The molecule has 0 radical (unpaired) electrons. The molecule has 0 aliphatic rings. The highest BCUT2D eigenvalue weighted by Gasteiger charge is 2.11. The standard InChI is InChI=1S/C17H11FIN3O2/c18-11-4-6-14(7-5-11)22-16(23)9-8-15(21-22)17(24)20-13-3-1-2-12(19)10-13/h1-10H,(H,20,24). The third kappa shape index (κ3) is 3.67. The zero-order chi connectivity index (χ0) is 17.1. The van der Waals surface area contributed by atoms with E-state index in [1.54, 1.807) is 6.07 Å². The molecule has 1 heterocycles. The Labute approximate surface area is 150 Å². The van der Waals surface area contributed by atoms with Gasteiger partial charge in [-0.3, -0.25) is 9.59 Å². The molecule has 5 nitrogen and oxygen atoms in total. The van der Waals surface area contributed by atoms with Gasteiger partial charge in [-0.25, -0.2) is 4.39 Å². The van der Waals surface area contributed by atoms with Crippen LogP contribution in [0.1, 0.15) is 10.5 Å². The Kier molecular flexibility index (Phi) is 4.70. The summed E-state index contributed by atoms with van der Waals surface area (Å²) >= 11 is 2.14. The molecule has 1 aromatic heterocycles. The fourth-order valence-corrected chi connectivity index (χ4v) is 2.60. The van der Waals surface area contributed by atoms with Gasteiger partial charge in [0.05, 0.1) is 5.69 Å². The first-order chi connectivity index (χ1) is 11.5. The predicted octanol–water partition coefficient (Wildman–Crippen LogP) is 3.23. The Morgan fingerprint density at radius 3 is 2.54 bits per heavy atom. The van der Waals surface area contributed by atoms with Crippen LogP contribution in [0.4, 0.5) is 10.1 Å². The highest BCUT2D eigenvalue weighted by atomic mass is 127. The van der Waals surface area contributed by atoms with Crippen LogP contribution in [0.15, 0.2) is 65.5 Å². The molecule has 0 saturated heterocycles. The molecule has 0 atom stereocenters. The summed E-state index contributed by atoms with van der Waals surface area (Å²) in [6.45, 7) is 0. The number of nitrogens with zero attached hydrogens (tertiary/aromatic N) is 2. The van der Waals surface area contributed by atoms with Crippen molar-refractivity contribution in [2.24, 2.45) is 0 Å². The van der Waals surface area contributed by atoms with Gasteiger partial charge in [0.15, 0.2) is 0 Å². The molecule has 3 aromatic rings. The number of amides is 1. The molecule has 0 saturated carbocycles. The van der Waals surface area contributed by atoms with Crippen LogP contribution in [0.25, 0.3) is 5.69 Å². The fourth-order valence-electron chi connectivity index (χ4n) is 2.06. The SMILES string of the molecule is O=C(Nc1cccc(I)c1)c1ccc(=O)n(-c2ccc(F)cc2)n1. The molecule has 7 heteroatoms. The van der Waals surface area contributed by atoms with Crippen molar-refractivity contribution in [2.75, 3.05) is 5.32 Å². The topological polar surface area (TPSA) is 64.0 Å². The number of hydrogen-bond acceptors (Lipinski definition) is 3. The normalized spacial score (nSPS) is 10.4. The van der Waals surface area contributed by atoms with Gasteiger partial charge in [0.2, 0.25) is 0 Å². The van der Waals surface area contributed by atoms with E-state index in [-0.39, 0.29) is 5.69 Å². The number of aromatic nitrogens is 2. The molecule has 0 unspecified atom stereocenters. The van der Waals surface area contributed by atoms with Gasteiger partial charge in [-0.05, 0) is 71.1 Å². The Balaban J connectivity index is 1.91. The highest BCUT2D eigenvalue weighted by molar-refractivity contribution is 14.1. The molecular formula is C17H11FIN3O2. The molecule has 0 fully saturated rings. The summed E-state index contributed by atoms with van der Waals surface area (Å²) < 4.78 is 15.1. The van der Waals surface area contributed by atoms with E-state index < -0.39 is 17.3 Å². The van der Waals surface area contributed by atoms with Crippen molar-refractivity contribution in [2.45, 2.75) is 0 Å². The van der Waals surface area contributed by atoms with Crippen molar-refractivity contribution in [1.29, 1.82) is 0 Å². The van der Waals surface area contributed by atoms with Crippen molar-refractivity contribution in [3.05, 3.63) is 86.1 Å². The number of carbonyl (C=O) groups is 1. The van der Waals surface area contributed by atoms with Gasteiger partial charge in [-0.2, -0.15) is 9.78 Å². The van der Waals surface area contributed by atoms with Gasteiger partial charge >= 0.3 is 0 Å². The Bertz CT molecular complexity index is 955. The number of nitrogens with one attached hydrogen (secondary N) is 1. The average Bonchev–Trinajstić information content (AvgIpc) is 2.56. The van der Waals surface area contributed by atoms with Crippen LogP contribution < -0.4 is 10.9 Å². The van der Waals surface area contributed by atoms with Crippen LogP contribution in [-0.4, -0.2) is 15.7 Å². The molecule has 1 amide bonds. The second-order valence-electron chi connectivity index (χ2n) is 4.91. The maximum absolute atomic E-state index is 13.0. The third-order valence-electron chi connectivity index (χ3n) is 3.19.